The van der Waals surface area contributed by atoms with Gasteiger partial charge >= 0.3 is 0 Å². The molecule has 17 heavy (non-hydrogen) atoms. The molecule has 0 heterocycles. The molecule has 0 aromatic heterocycles. The Hall–Kier alpha value is -0.650. The van der Waals surface area contributed by atoms with Crippen LogP contribution >= 0.6 is 23.4 Å². The molecule has 0 radical (unpaired) electrons. The lowest BCUT2D eigenvalue weighted by molar-refractivity contribution is 0.207. The van der Waals surface area contributed by atoms with Gasteiger partial charge in [0.2, 0.25) is 0 Å². The largest absolute Gasteiger partial charge is 0.197 e. The minimum atomic E-state index is -0.223. The third kappa shape index (κ3) is 2.78. The maximum Gasteiger partial charge on any atom is 0.108 e. The van der Waals surface area contributed by atoms with Crippen molar-refractivity contribution in [3.05, 3.63) is 29.3 Å². The number of nitrogens with zero attached hydrogens (tertiary/aromatic N) is 1. The fraction of sp³-hybridized carbons (Fsp3) is 0.500. The summed E-state index contributed by atoms with van der Waals surface area (Å²) in [6.45, 7) is 4.46. The first-order chi connectivity index (χ1) is 8.04. The number of thioether (sulfide) groups is 1. The molecule has 3 heteroatoms. The lowest BCUT2D eigenvalue weighted by Gasteiger charge is -2.44. The highest BCUT2D eigenvalue weighted by molar-refractivity contribution is 8.01. The molecule has 0 bridgehead atoms. The van der Waals surface area contributed by atoms with Crippen LogP contribution in [-0.2, 0) is 0 Å². The van der Waals surface area contributed by atoms with Crippen LogP contribution in [0.2, 0.25) is 5.02 Å². The van der Waals surface area contributed by atoms with Gasteiger partial charge in [-0.2, -0.15) is 5.26 Å². The van der Waals surface area contributed by atoms with E-state index in [4.69, 9.17) is 11.6 Å². The van der Waals surface area contributed by atoms with E-state index in [1.165, 1.54) is 0 Å². The minimum Gasteiger partial charge on any atom is -0.197 e. The molecule has 1 nitrogen and oxygen atoms in total. The van der Waals surface area contributed by atoms with Crippen LogP contribution in [0.25, 0.3) is 0 Å². The van der Waals surface area contributed by atoms with Gasteiger partial charge in [-0.3, -0.25) is 0 Å². The molecule has 0 aliphatic heterocycles. The summed E-state index contributed by atoms with van der Waals surface area (Å²) < 4.78 is -0.223. The van der Waals surface area contributed by atoms with Crippen LogP contribution < -0.4 is 0 Å². The van der Waals surface area contributed by atoms with Crippen LogP contribution in [0.3, 0.4) is 0 Å². The second-order valence-corrected chi connectivity index (χ2v) is 6.97. The van der Waals surface area contributed by atoms with Crippen molar-refractivity contribution in [2.75, 3.05) is 0 Å². The van der Waals surface area contributed by atoms with Gasteiger partial charge in [-0.15, -0.1) is 11.8 Å². The first kappa shape index (κ1) is 12.8. The van der Waals surface area contributed by atoms with Crippen molar-refractivity contribution in [1.82, 2.24) is 0 Å². The van der Waals surface area contributed by atoms with Crippen molar-refractivity contribution in [3.63, 3.8) is 0 Å². The Balaban J connectivity index is 2.06. The summed E-state index contributed by atoms with van der Waals surface area (Å²) in [6.07, 6.45) is 2.00. The highest BCUT2D eigenvalue weighted by Gasteiger charge is 2.46. The summed E-state index contributed by atoms with van der Waals surface area (Å²) in [7, 11) is 0. The maximum atomic E-state index is 9.36. The molecule has 1 aromatic rings. The summed E-state index contributed by atoms with van der Waals surface area (Å²) in [5, 5.41) is 10.1. The Morgan fingerprint density at radius 1 is 1.47 bits per heavy atom. The Labute approximate surface area is 112 Å². The lowest BCUT2D eigenvalue weighted by atomic mass is 9.69. The number of nitriles is 1. The van der Waals surface area contributed by atoms with Gasteiger partial charge in [0.1, 0.15) is 4.75 Å². The van der Waals surface area contributed by atoms with Crippen molar-refractivity contribution < 1.29 is 0 Å². The number of hydrogen-bond donors (Lipinski definition) is 0. The van der Waals surface area contributed by atoms with Crippen molar-refractivity contribution in [2.45, 2.75) is 36.3 Å². The van der Waals surface area contributed by atoms with E-state index in [9.17, 15) is 5.26 Å². The number of hydrogen-bond acceptors (Lipinski definition) is 2. The van der Waals surface area contributed by atoms with Crippen LogP contribution in [0.1, 0.15) is 26.7 Å². The van der Waals surface area contributed by atoms with E-state index in [1.807, 2.05) is 24.3 Å². The monoisotopic (exact) mass is 265 g/mol. The molecule has 1 fully saturated rings. The summed E-state index contributed by atoms with van der Waals surface area (Å²) in [5.41, 5.74) is 0. The standard InChI is InChI=1S/C14H16ClNS/c1-10(2)11-7-14(8-11,9-16)17-13-5-3-4-12(15)6-13/h3-6,10-11H,7-8H2,1-2H3. The molecule has 1 saturated carbocycles. The van der Waals surface area contributed by atoms with Crippen LogP contribution in [-0.4, -0.2) is 4.75 Å². The van der Waals surface area contributed by atoms with E-state index >= 15 is 0 Å². The van der Waals surface area contributed by atoms with Crippen molar-refractivity contribution in [2.24, 2.45) is 11.8 Å². The number of benzene rings is 1. The van der Waals surface area contributed by atoms with Gasteiger partial charge in [-0.1, -0.05) is 31.5 Å². The molecular formula is C14H16ClNS. The predicted octanol–water partition coefficient (Wildman–Crippen LogP) is 4.76. The van der Waals surface area contributed by atoms with E-state index in [0.29, 0.717) is 11.8 Å². The Kier molecular flexibility index (Phi) is 3.70. The first-order valence-electron chi connectivity index (χ1n) is 5.90. The Morgan fingerprint density at radius 3 is 2.71 bits per heavy atom. The second kappa shape index (κ2) is 4.92. The zero-order valence-electron chi connectivity index (χ0n) is 10.1. The minimum absolute atomic E-state index is 0.223. The highest BCUT2D eigenvalue weighted by Crippen LogP contribution is 2.52. The number of rotatable bonds is 3. The molecule has 1 aromatic carbocycles. The van der Waals surface area contributed by atoms with Gasteiger partial charge in [-0.05, 0) is 42.9 Å². The highest BCUT2D eigenvalue weighted by atomic mass is 35.5. The van der Waals surface area contributed by atoms with E-state index < -0.39 is 0 Å². The normalized spacial score (nSPS) is 27.6. The molecule has 0 unspecified atom stereocenters. The van der Waals surface area contributed by atoms with Gasteiger partial charge in [0.05, 0.1) is 6.07 Å². The fourth-order valence-electron chi connectivity index (χ4n) is 2.21. The van der Waals surface area contributed by atoms with Gasteiger partial charge < -0.3 is 0 Å². The zero-order chi connectivity index (χ0) is 12.5. The lowest BCUT2D eigenvalue weighted by Crippen LogP contribution is -2.41. The Morgan fingerprint density at radius 2 is 2.18 bits per heavy atom. The smallest absolute Gasteiger partial charge is 0.108 e. The summed E-state index contributed by atoms with van der Waals surface area (Å²) >= 11 is 7.63. The van der Waals surface area contributed by atoms with Gasteiger partial charge in [0, 0.05) is 9.92 Å². The molecule has 0 amide bonds. The maximum absolute atomic E-state index is 9.36. The molecule has 0 N–H and O–H groups in total. The molecule has 0 atom stereocenters. The predicted molar refractivity (Wildman–Crippen MR) is 73.2 cm³/mol. The third-order valence-corrected chi connectivity index (χ3v) is 4.98. The van der Waals surface area contributed by atoms with E-state index in [2.05, 4.69) is 19.9 Å². The van der Waals surface area contributed by atoms with Crippen molar-refractivity contribution in [1.29, 1.82) is 5.26 Å². The molecule has 0 saturated heterocycles. The molecular weight excluding hydrogens is 250 g/mol. The van der Waals surface area contributed by atoms with Crippen LogP contribution in [0.15, 0.2) is 29.2 Å². The summed E-state index contributed by atoms with van der Waals surface area (Å²) in [6, 6.07) is 10.3. The van der Waals surface area contributed by atoms with Crippen LogP contribution in [0, 0.1) is 23.2 Å². The fourth-order valence-corrected chi connectivity index (χ4v) is 3.89. The number of halogens is 1. The Bertz CT molecular complexity index is 444. The van der Waals surface area contributed by atoms with Gasteiger partial charge in [0.15, 0.2) is 0 Å². The van der Waals surface area contributed by atoms with Gasteiger partial charge in [0.25, 0.3) is 0 Å². The average Bonchev–Trinajstić information content (AvgIpc) is 2.22. The quantitative estimate of drug-likeness (QED) is 0.787. The second-order valence-electron chi connectivity index (χ2n) is 5.08. The molecule has 1 aliphatic carbocycles. The van der Waals surface area contributed by atoms with Crippen molar-refractivity contribution >= 4 is 23.4 Å². The average molecular weight is 266 g/mol. The zero-order valence-corrected chi connectivity index (χ0v) is 11.7. The molecule has 90 valence electrons. The molecule has 2 rings (SSSR count). The summed E-state index contributed by atoms with van der Waals surface area (Å²) in [5.74, 6) is 1.37. The van der Waals surface area contributed by atoms with E-state index in [-0.39, 0.29) is 4.75 Å². The SMILES string of the molecule is CC(C)C1CC(C#N)(Sc2cccc(Cl)c2)C1. The van der Waals surface area contributed by atoms with Crippen molar-refractivity contribution in [3.8, 4) is 6.07 Å². The third-order valence-electron chi connectivity index (χ3n) is 3.44. The molecule has 1 aliphatic rings. The van der Waals surface area contributed by atoms with Crippen LogP contribution in [0.5, 0.6) is 0 Å². The topological polar surface area (TPSA) is 23.8 Å². The first-order valence-corrected chi connectivity index (χ1v) is 7.10. The van der Waals surface area contributed by atoms with Crippen LogP contribution in [0.4, 0.5) is 0 Å². The molecule has 0 spiro atoms. The van der Waals surface area contributed by atoms with E-state index in [0.717, 1.165) is 22.8 Å². The van der Waals surface area contributed by atoms with E-state index in [1.54, 1.807) is 11.8 Å². The van der Waals surface area contributed by atoms with Gasteiger partial charge in [-0.25, -0.2) is 0 Å². The summed E-state index contributed by atoms with van der Waals surface area (Å²) in [4.78, 5) is 1.10.